The van der Waals surface area contributed by atoms with E-state index in [2.05, 4.69) is 10.3 Å². The highest BCUT2D eigenvalue weighted by atomic mass is 35.5. The van der Waals surface area contributed by atoms with E-state index in [9.17, 15) is 10.1 Å². The van der Waals surface area contributed by atoms with Gasteiger partial charge in [0.05, 0.1) is 28.5 Å². The van der Waals surface area contributed by atoms with Crippen LogP contribution < -0.4 is 5.73 Å². The minimum absolute atomic E-state index is 0.0653. The highest BCUT2D eigenvalue weighted by Gasteiger charge is 2.17. The molecule has 1 unspecified atom stereocenters. The number of aryl methyl sites for hydroxylation is 1. The molecule has 1 heterocycles. The smallest absolute Gasteiger partial charge is 0.288 e. The summed E-state index contributed by atoms with van der Waals surface area (Å²) in [5.41, 5.74) is 7.89. The topological polar surface area (TPSA) is 99.9 Å². The lowest BCUT2D eigenvalue weighted by Gasteiger charge is -2.07. The Morgan fingerprint density at radius 1 is 1.52 bits per heavy atom. The quantitative estimate of drug-likeness (QED) is 0.676. The molecule has 7 nitrogen and oxygen atoms in total. The summed E-state index contributed by atoms with van der Waals surface area (Å²) >= 11 is 5.94. The molecule has 0 spiro atoms. The van der Waals surface area contributed by atoms with Crippen molar-refractivity contribution in [3.8, 4) is 5.69 Å². The standard InChI is InChI=1S/C13H16ClN5O2/c1-3-4-10(15)11-7-18(17-16-11)12-6-9(14)13(19(20)21)5-8(12)2/h5-7,10H,3-4,15H2,1-2H3. The average Bonchev–Trinajstić information content (AvgIpc) is 2.90. The van der Waals surface area contributed by atoms with Crippen LogP contribution in [0.1, 0.15) is 37.1 Å². The molecule has 1 aromatic heterocycles. The van der Waals surface area contributed by atoms with Crippen molar-refractivity contribution >= 4 is 17.3 Å². The molecule has 1 aromatic carbocycles. The van der Waals surface area contributed by atoms with Crippen LogP contribution in [-0.4, -0.2) is 19.9 Å². The molecule has 0 amide bonds. The summed E-state index contributed by atoms with van der Waals surface area (Å²) in [6, 6.07) is 2.77. The zero-order chi connectivity index (χ0) is 15.6. The highest BCUT2D eigenvalue weighted by Crippen LogP contribution is 2.29. The predicted molar refractivity (Wildman–Crippen MR) is 79.6 cm³/mol. The number of halogens is 1. The molecule has 21 heavy (non-hydrogen) atoms. The van der Waals surface area contributed by atoms with Gasteiger partial charge in [0.15, 0.2) is 0 Å². The summed E-state index contributed by atoms with van der Waals surface area (Å²) in [6.45, 7) is 3.80. The molecular formula is C13H16ClN5O2. The summed E-state index contributed by atoms with van der Waals surface area (Å²) in [7, 11) is 0. The maximum atomic E-state index is 10.9. The Morgan fingerprint density at radius 3 is 2.86 bits per heavy atom. The van der Waals surface area contributed by atoms with Crippen molar-refractivity contribution in [1.82, 2.24) is 15.0 Å². The third kappa shape index (κ3) is 3.20. The molecule has 0 radical (unpaired) electrons. The van der Waals surface area contributed by atoms with Gasteiger partial charge in [-0.15, -0.1) is 5.10 Å². The minimum atomic E-state index is -0.511. The molecule has 0 aliphatic rings. The van der Waals surface area contributed by atoms with Crippen molar-refractivity contribution in [3.05, 3.63) is 44.7 Å². The number of nitrogens with zero attached hydrogens (tertiary/aromatic N) is 4. The second-order valence-corrected chi connectivity index (χ2v) is 5.24. The zero-order valence-electron chi connectivity index (χ0n) is 11.8. The van der Waals surface area contributed by atoms with Gasteiger partial charge in [-0.05, 0) is 25.0 Å². The van der Waals surface area contributed by atoms with Gasteiger partial charge in [0, 0.05) is 6.07 Å². The number of nitro groups is 1. The Balaban J connectivity index is 2.39. The van der Waals surface area contributed by atoms with Gasteiger partial charge < -0.3 is 5.73 Å². The van der Waals surface area contributed by atoms with Crippen LogP contribution in [0.15, 0.2) is 18.3 Å². The van der Waals surface area contributed by atoms with E-state index in [0.717, 1.165) is 12.8 Å². The first-order valence-corrected chi connectivity index (χ1v) is 6.94. The molecule has 2 aromatic rings. The van der Waals surface area contributed by atoms with Crippen molar-refractivity contribution in [2.24, 2.45) is 5.73 Å². The summed E-state index contributed by atoms with van der Waals surface area (Å²) in [6.07, 6.45) is 3.50. The number of aromatic nitrogens is 3. The molecule has 2 N–H and O–H groups in total. The molecule has 0 saturated heterocycles. The average molecular weight is 310 g/mol. The molecule has 0 fully saturated rings. The molecular weight excluding hydrogens is 294 g/mol. The fourth-order valence-corrected chi connectivity index (χ4v) is 2.29. The fourth-order valence-electron chi connectivity index (χ4n) is 2.07. The van der Waals surface area contributed by atoms with Crippen LogP contribution in [0.25, 0.3) is 5.69 Å². The summed E-state index contributed by atoms with van der Waals surface area (Å²) in [5.74, 6) is 0. The van der Waals surface area contributed by atoms with Crippen LogP contribution in [0, 0.1) is 17.0 Å². The Morgan fingerprint density at radius 2 is 2.24 bits per heavy atom. The first-order chi connectivity index (χ1) is 9.93. The van der Waals surface area contributed by atoms with E-state index in [-0.39, 0.29) is 16.8 Å². The van der Waals surface area contributed by atoms with Gasteiger partial charge in [0.1, 0.15) is 5.02 Å². The number of nitro benzene ring substituents is 1. The normalized spacial score (nSPS) is 12.4. The summed E-state index contributed by atoms with van der Waals surface area (Å²) < 4.78 is 1.54. The molecule has 0 bridgehead atoms. The predicted octanol–water partition coefficient (Wildman–Crippen LogP) is 2.94. The zero-order valence-corrected chi connectivity index (χ0v) is 12.5. The lowest BCUT2D eigenvalue weighted by Crippen LogP contribution is -2.10. The third-order valence-electron chi connectivity index (χ3n) is 3.20. The summed E-state index contributed by atoms with van der Waals surface area (Å²) in [4.78, 5) is 10.3. The number of hydrogen-bond acceptors (Lipinski definition) is 5. The van der Waals surface area contributed by atoms with Crippen LogP contribution in [0.4, 0.5) is 5.69 Å². The van der Waals surface area contributed by atoms with Gasteiger partial charge in [0.25, 0.3) is 5.69 Å². The van der Waals surface area contributed by atoms with E-state index in [0.29, 0.717) is 16.9 Å². The van der Waals surface area contributed by atoms with Gasteiger partial charge in [0.2, 0.25) is 0 Å². The first-order valence-electron chi connectivity index (χ1n) is 6.56. The van der Waals surface area contributed by atoms with Crippen molar-refractivity contribution in [2.75, 3.05) is 0 Å². The number of hydrogen-bond donors (Lipinski definition) is 1. The number of rotatable bonds is 5. The van der Waals surface area contributed by atoms with Gasteiger partial charge >= 0.3 is 0 Å². The van der Waals surface area contributed by atoms with Crippen molar-refractivity contribution in [1.29, 1.82) is 0 Å². The van der Waals surface area contributed by atoms with Gasteiger partial charge in [-0.2, -0.15) is 0 Å². The molecule has 2 rings (SSSR count). The van der Waals surface area contributed by atoms with Crippen LogP contribution in [-0.2, 0) is 0 Å². The largest absolute Gasteiger partial charge is 0.323 e. The first kappa shape index (κ1) is 15.4. The van der Waals surface area contributed by atoms with Crippen molar-refractivity contribution in [2.45, 2.75) is 32.7 Å². The van der Waals surface area contributed by atoms with E-state index >= 15 is 0 Å². The monoisotopic (exact) mass is 309 g/mol. The second kappa shape index (κ2) is 6.19. The van der Waals surface area contributed by atoms with Gasteiger partial charge in [-0.1, -0.05) is 30.2 Å². The van der Waals surface area contributed by atoms with E-state index in [1.54, 1.807) is 13.1 Å². The van der Waals surface area contributed by atoms with E-state index in [4.69, 9.17) is 17.3 Å². The van der Waals surface area contributed by atoms with Crippen molar-refractivity contribution in [3.63, 3.8) is 0 Å². The molecule has 0 aliphatic carbocycles. The molecule has 8 heteroatoms. The Hall–Kier alpha value is -1.99. The number of nitrogens with two attached hydrogens (primary N) is 1. The minimum Gasteiger partial charge on any atom is -0.323 e. The lowest BCUT2D eigenvalue weighted by molar-refractivity contribution is -0.384. The second-order valence-electron chi connectivity index (χ2n) is 4.83. The molecule has 1 atom stereocenters. The Bertz CT molecular complexity index is 671. The van der Waals surface area contributed by atoms with E-state index < -0.39 is 4.92 Å². The molecule has 0 aliphatic heterocycles. The fraction of sp³-hybridized carbons (Fsp3) is 0.385. The van der Waals surface area contributed by atoms with Gasteiger partial charge in [-0.25, -0.2) is 4.68 Å². The van der Waals surface area contributed by atoms with Crippen LogP contribution >= 0.6 is 11.6 Å². The third-order valence-corrected chi connectivity index (χ3v) is 3.50. The van der Waals surface area contributed by atoms with Crippen LogP contribution in [0.2, 0.25) is 5.02 Å². The lowest BCUT2D eigenvalue weighted by atomic mass is 10.1. The maximum Gasteiger partial charge on any atom is 0.288 e. The molecule has 112 valence electrons. The van der Waals surface area contributed by atoms with E-state index in [1.807, 2.05) is 6.92 Å². The Labute approximate surface area is 126 Å². The SMILES string of the molecule is CCCC(N)c1cn(-c2cc(Cl)c([N+](=O)[O-])cc2C)nn1. The molecule has 0 saturated carbocycles. The van der Waals surface area contributed by atoms with Crippen molar-refractivity contribution < 1.29 is 4.92 Å². The van der Waals surface area contributed by atoms with Gasteiger partial charge in [-0.3, -0.25) is 10.1 Å². The maximum absolute atomic E-state index is 10.9. The highest BCUT2D eigenvalue weighted by molar-refractivity contribution is 6.32. The van der Waals surface area contributed by atoms with Crippen LogP contribution in [0.3, 0.4) is 0 Å². The number of benzene rings is 1. The van der Waals surface area contributed by atoms with Crippen LogP contribution in [0.5, 0.6) is 0 Å². The van der Waals surface area contributed by atoms with E-state index in [1.165, 1.54) is 16.8 Å². The Kier molecular flexibility index (Phi) is 4.54. The summed E-state index contributed by atoms with van der Waals surface area (Å²) in [5, 5.41) is 19.0.